The summed E-state index contributed by atoms with van der Waals surface area (Å²) in [5, 5.41) is 1.64. The molecule has 1 aliphatic carbocycles. The van der Waals surface area contributed by atoms with Crippen molar-refractivity contribution in [3.05, 3.63) is 95.3 Å². The molecular weight excluding hydrogens is 415 g/mol. The largest absolute Gasteiger partial charge is 0.206 e. The van der Waals surface area contributed by atoms with Crippen LogP contribution >= 0.6 is 0 Å². The Bertz CT molecular complexity index is 1150. The second kappa shape index (κ2) is 12.0. The van der Waals surface area contributed by atoms with Crippen LogP contribution in [0.5, 0.6) is 0 Å². The summed E-state index contributed by atoms with van der Waals surface area (Å²) in [6.45, 7) is 6.11. The van der Waals surface area contributed by atoms with Crippen molar-refractivity contribution < 1.29 is 4.39 Å². The molecule has 0 nitrogen and oxygen atoms in total. The Morgan fingerprint density at radius 3 is 2.35 bits per heavy atom. The van der Waals surface area contributed by atoms with Crippen molar-refractivity contribution in [3.8, 4) is 11.8 Å². The summed E-state index contributed by atoms with van der Waals surface area (Å²) in [4.78, 5) is 0. The molecule has 0 amide bonds. The van der Waals surface area contributed by atoms with E-state index in [-0.39, 0.29) is 5.82 Å². The maximum absolute atomic E-state index is 15.4. The number of unbranched alkanes of at least 4 members (excludes halogenated alkanes) is 3. The van der Waals surface area contributed by atoms with E-state index in [1.807, 2.05) is 30.3 Å². The summed E-state index contributed by atoms with van der Waals surface area (Å²) in [6.07, 6.45) is 13.9. The topological polar surface area (TPSA) is 0 Å². The molecule has 1 heteroatoms. The first kappa shape index (κ1) is 24.3. The molecule has 0 heterocycles. The summed E-state index contributed by atoms with van der Waals surface area (Å²) in [6, 6.07) is 18.5. The number of rotatable bonds is 8. The minimum absolute atomic E-state index is 0.0429. The van der Waals surface area contributed by atoms with Gasteiger partial charge >= 0.3 is 0 Å². The fraction of sp³-hybridized carbons (Fsp3) is 0.394. The molecule has 0 N–H and O–H groups in total. The molecule has 1 aliphatic rings. The van der Waals surface area contributed by atoms with Crippen molar-refractivity contribution in [2.75, 3.05) is 0 Å². The van der Waals surface area contributed by atoms with Crippen molar-refractivity contribution >= 4 is 10.8 Å². The van der Waals surface area contributed by atoms with Crippen LogP contribution in [0, 0.1) is 23.6 Å². The number of allylic oxidation sites excluding steroid dienone is 1. The van der Waals surface area contributed by atoms with Gasteiger partial charge in [-0.25, -0.2) is 4.39 Å². The fourth-order valence-electron chi connectivity index (χ4n) is 5.30. The number of fused-ring (bicyclic) bond motifs is 1. The van der Waals surface area contributed by atoms with E-state index in [0.29, 0.717) is 11.3 Å². The summed E-state index contributed by atoms with van der Waals surface area (Å²) in [5.74, 6) is 7.55. The minimum atomic E-state index is -0.0429. The number of benzene rings is 3. The third-order valence-electron chi connectivity index (χ3n) is 7.39. The van der Waals surface area contributed by atoms with Crippen molar-refractivity contribution in [2.24, 2.45) is 5.92 Å². The first-order valence-electron chi connectivity index (χ1n) is 13.1. The third-order valence-corrected chi connectivity index (χ3v) is 7.39. The number of aryl methyl sites for hydroxylation is 1. The Morgan fingerprint density at radius 2 is 1.62 bits per heavy atom. The first-order valence-corrected chi connectivity index (χ1v) is 13.1. The monoisotopic (exact) mass is 452 g/mol. The zero-order valence-corrected chi connectivity index (χ0v) is 20.6. The molecule has 0 atom stereocenters. The van der Waals surface area contributed by atoms with Crippen LogP contribution in [0.25, 0.3) is 10.8 Å². The summed E-state index contributed by atoms with van der Waals surface area (Å²) >= 11 is 0. The SMILES string of the molecule is C=CCC1CCC(c2ccc3cc(C#Cc4ccc(CCCCCC)cc4)ccc3c2F)CC1. The van der Waals surface area contributed by atoms with Gasteiger partial charge in [-0.15, -0.1) is 6.58 Å². The van der Waals surface area contributed by atoms with E-state index in [1.54, 1.807) is 0 Å². The zero-order valence-electron chi connectivity index (χ0n) is 20.6. The summed E-state index contributed by atoms with van der Waals surface area (Å²) < 4.78 is 15.4. The average Bonchev–Trinajstić information content (AvgIpc) is 2.87. The number of hydrogen-bond acceptors (Lipinski definition) is 0. The van der Waals surface area contributed by atoms with Gasteiger partial charge in [0.2, 0.25) is 0 Å². The summed E-state index contributed by atoms with van der Waals surface area (Å²) in [7, 11) is 0. The highest BCUT2D eigenvalue weighted by Crippen LogP contribution is 2.39. The van der Waals surface area contributed by atoms with Crippen LogP contribution in [-0.2, 0) is 6.42 Å². The van der Waals surface area contributed by atoms with E-state index in [0.717, 1.165) is 53.7 Å². The molecule has 0 aliphatic heterocycles. The molecule has 0 saturated heterocycles. The highest BCUT2D eigenvalue weighted by molar-refractivity contribution is 5.85. The molecule has 176 valence electrons. The minimum Gasteiger partial charge on any atom is -0.206 e. The van der Waals surface area contributed by atoms with Crippen LogP contribution < -0.4 is 0 Å². The lowest BCUT2D eigenvalue weighted by Crippen LogP contribution is -2.14. The van der Waals surface area contributed by atoms with Crippen LogP contribution in [0.3, 0.4) is 0 Å². The molecule has 3 aromatic rings. The zero-order chi connectivity index (χ0) is 23.8. The standard InChI is InChI=1S/C33H37F/c1-3-5-6-7-9-26-10-12-27(13-11-26)14-15-28-18-22-32-30(24-28)21-23-31(33(32)34)29-19-16-25(8-4-2)17-20-29/h4,10-13,18,21-25,29H,2-3,5-9,16-17,19-20H2,1H3. The first-order chi connectivity index (χ1) is 16.7. The maximum atomic E-state index is 15.4. The van der Waals surface area contributed by atoms with E-state index in [4.69, 9.17) is 0 Å². The molecule has 0 bridgehead atoms. The van der Waals surface area contributed by atoms with Gasteiger partial charge < -0.3 is 0 Å². The number of hydrogen-bond donors (Lipinski definition) is 0. The quantitative estimate of drug-likeness (QED) is 0.181. The normalized spacial score (nSPS) is 17.8. The van der Waals surface area contributed by atoms with Crippen LogP contribution in [-0.4, -0.2) is 0 Å². The predicted octanol–water partition coefficient (Wildman–Crippen LogP) is 9.35. The van der Waals surface area contributed by atoms with Gasteiger partial charge in [0, 0.05) is 16.5 Å². The average molecular weight is 453 g/mol. The highest BCUT2D eigenvalue weighted by atomic mass is 19.1. The van der Waals surface area contributed by atoms with Crippen molar-refractivity contribution in [1.29, 1.82) is 0 Å². The van der Waals surface area contributed by atoms with Gasteiger partial charge in [0.25, 0.3) is 0 Å². The van der Waals surface area contributed by atoms with E-state index < -0.39 is 0 Å². The Balaban J connectivity index is 1.43. The van der Waals surface area contributed by atoms with Gasteiger partial charge in [-0.05, 0) is 97.6 Å². The van der Waals surface area contributed by atoms with Gasteiger partial charge in [0.05, 0.1) is 0 Å². The smallest absolute Gasteiger partial charge is 0.134 e. The molecule has 0 aromatic heterocycles. The predicted molar refractivity (Wildman–Crippen MR) is 144 cm³/mol. The fourth-order valence-corrected chi connectivity index (χ4v) is 5.30. The highest BCUT2D eigenvalue weighted by Gasteiger charge is 2.24. The molecule has 4 rings (SSSR count). The lowest BCUT2D eigenvalue weighted by molar-refractivity contribution is 0.324. The Labute approximate surface area is 205 Å². The second-order valence-corrected chi connectivity index (χ2v) is 9.90. The van der Waals surface area contributed by atoms with Crippen molar-refractivity contribution in [2.45, 2.75) is 77.0 Å². The molecule has 34 heavy (non-hydrogen) atoms. The lowest BCUT2D eigenvalue weighted by Gasteiger charge is -2.28. The van der Waals surface area contributed by atoms with Crippen LogP contribution in [0.15, 0.2) is 67.3 Å². The van der Waals surface area contributed by atoms with Gasteiger partial charge in [0.1, 0.15) is 5.82 Å². The molecule has 0 spiro atoms. The molecule has 1 saturated carbocycles. The molecule has 0 unspecified atom stereocenters. The van der Waals surface area contributed by atoms with Crippen LogP contribution in [0.4, 0.5) is 4.39 Å². The molecule has 1 fully saturated rings. The lowest BCUT2D eigenvalue weighted by atomic mass is 9.77. The van der Waals surface area contributed by atoms with Gasteiger partial charge in [-0.3, -0.25) is 0 Å². The van der Waals surface area contributed by atoms with Crippen molar-refractivity contribution in [1.82, 2.24) is 0 Å². The third kappa shape index (κ3) is 6.18. The summed E-state index contributed by atoms with van der Waals surface area (Å²) in [5.41, 5.74) is 4.21. The van der Waals surface area contributed by atoms with E-state index in [9.17, 15) is 0 Å². The molecule has 0 radical (unpaired) electrons. The van der Waals surface area contributed by atoms with E-state index in [1.165, 1.54) is 44.1 Å². The molecular formula is C33H37F. The van der Waals surface area contributed by atoms with Crippen molar-refractivity contribution in [3.63, 3.8) is 0 Å². The Hall–Kier alpha value is -2.85. The number of halogens is 1. The Morgan fingerprint density at radius 1 is 0.882 bits per heavy atom. The maximum Gasteiger partial charge on any atom is 0.134 e. The second-order valence-electron chi connectivity index (χ2n) is 9.90. The van der Waals surface area contributed by atoms with E-state index >= 15 is 4.39 Å². The van der Waals surface area contributed by atoms with E-state index in [2.05, 4.69) is 55.7 Å². The molecule has 3 aromatic carbocycles. The Kier molecular flexibility index (Phi) is 8.59. The van der Waals surface area contributed by atoms with Crippen LogP contribution in [0.1, 0.15) is 92.9 Å². The van der Waals surface area contributed by atoms with Gasteiger partial charge in [-0.1, -0.05) is 74.4 Å². The van der Waals surface area contributed by atoms with Gasteiger partial charge in [0.15, 0.2) is 0 Å². The van der Waals surface area contributed by atoms with Gasteiger partial charge in [-0.2, -0.15) is 0 Å². The van der Waals surface area contributed by atoms with Crippen LogP contribution in [0.2, 0.25) is 0 Å².